The summed E-state index contributed by atoms with van der Waals surface area (Å²) in [5.74, 6) is -0.490. The number of carbonyl (C=O) groups excluding carboxylic acids is 1. The van der Waals surface area contributed by atoms with Gasteiger partial charge in [-0.05, 0) is 36.5 Å². The molecular formula is C19H27FN2O4S. The third-order valence-corrected chi connectivity index (χ3v) is 7.71. The van der Waals surface area contributed by atoms with Gasteiger partial charge in [-0.3, -0.25) is 4.79 Å². The molecular weight excluding hydrogens is 371 g/mol. The van der Waals surface area contributed by atoms with Crippen molar-refractivity contribution in [3.63, 3.8) is 0 Å². The van der Waals surface area contributed by atoms with Gasteiger partial charge in [0.1, 0.15) is 5.82 Å². The average Bonchev–Trinajstić information content (AvgIpc) is 2.66. The van der Waals surface area contributed by atoms with E-state index in [1.165, 1.54) is 10.4 Å². The summed E-state index contributed by atoms with van der Waals surface area (Å²) in [6.07, 6.45) is 2.99. The van der Waals surface area contributed by atoms with Crippen molar-refractivity contribution in [1.82, 2.24) is 9.62 Å². The Kier molecular flexibility index (Phi) is 6.18. The number of morpholine rings is 1. The van der Waals surface area contributed by atoms with Crippen molar-refractivity contribution in [3.05, 3.63) is 29.6 Å². The van der Waals surface area contributed by atoms with Gasteiger partial charge in [0.25, 0.3) is 5.91 Å². The number of hydrogen-bond donors (Lipinski definition) is 1. The van der Waals surface area contributed by atoms with Gasteiger partial charge in [-0.2, -0.15) is 4.31 Å². The largest absolute Gasteiger partial charge is 0.379 e. The highest BCUT2D eigenvalue weighted by Gasteiger charge is 2.31. The molecule has 1 saturated heterocycles. The summed E-state index contributed by atoms with van der Waals surface area (Å²) >= 11 is 0. The third kappa shape index (κ3) is 4.33. The number of nitrogens with zero attached hydrogens (tertiary/aromatic N) is 1. The van der Waals surface area contributed by atoms with Gasteiger partial charge in [-0.1, -0.05) is 26.7 Å². The molecule has 2 aliphatic rings. The first-order valence-electron chi connectivity index (χ1n) is 9.49. The van der Waals surface area contributed by atoms with E-state index in [2.05, 4.69) is 19.2 Å². The van der Waals surface area contributed by atoms with E-state index in [1.807, 2.05) is 0 Å². The van der Waals surface area contributed by atoms with Crippen LogP contribution in [0.4, 0.5) is 4.39 Å². The fourth-order valence-electron chi connectivity index (χ4n) is 3.81. The second kappa shape index (κ2) is 8.24. The van der Waals surface area contributed by atoms with E-state index >= 15 is 0 Å². The molecule has 1 heterocycles. The molecule has 1 aromatic carbocycles. The van der Waals surface area contributed by atoms with Gasteiger partial charge < -0.3 is 10.1 Å². The minimum atomic E-state index is -3.78. The lowest BCUT2D eigenvalue weighted by molar-refractivity contribution is 0.0730. The molecule has 1 aliphatic carbocycles. The van der Waals surface area contributed by atoms with E-state index in [0.717, 1.165) is 31.4 Å². The highest BCUT2D eigenvalue weighted by atomic mass is 32.2. The van der Waals surface area contributed by atoms with E-state index < -0.39 is 21.7 Å². The van der Waals surface area contributed by atoms with Crippen LogP contribution >= 0.6 is 0 Å². The summed E-state index contributed by atoms with van der Waals surface area (Å²) in [6.45, 7) is 5.39. The van der Waals surface area contributed by atoms with Crippen molar-refractivity contribution >= 4 is 15.9 Å². The Bertz CT molecular complexity index is 793. The molecule has 1 aliphatic heterocycles. The quantitative estimate of drug-likeness (QED) is 0.845. The number of benzene rings is 1. The topological polar surface area (TPSA) is 75.7 Å². The monoisotopic (exact) mass is 398 g/mol. The second-order valence-electron chi connectivity index (χ2n) is 7.51. The number of carbonyl (C=O) groups is 1. The van der Waals surface area contributed by atoms with Gasteiger partial charge >= 0.3 is 0 Å². The second-order valence-corrected chi connectivity index (χ2v) is 9.44. The van der Waals surface area contributed by atoms with Crippen molar-refractivity contribution < 1.29 is 22.3 Å². The molecule has 1 amide bonds. The number of halogens is 1. The van der Waals surface area contributed by atoms with Gasteiger partial charge in [0.05, 0.1) is 23.7 Å². The van der Waals surface area contributed by atoms with Crippen LogP contribution in [0.15, 0.2) is 23.1 Å². The van der Waals surface area contributed by atoms with Gasteiger partial charge in [0.2, 0.25) is 10.0 Å². The predicted octanol–water partition coefficient (Wildman–Crippen LogP) is 2.40. The van der Waals surface area contributed by atoms with Crippen LogP contribution in [0.25, 0.3) is 0 Å². The number of nitrogens with one attached hydrogen (secondary N) is 1. The van der Waals surface area contributed by atoms with Crippen molar-refractivity contribution in [1.29, 1.82) is 0 Å². The smallest absolute Gasteiger partial charge is 0.254 e. The van der Waals surface area contributed by atoms with E-state index in [9.17, 15) is 17.6 Å². The molecule has 150 valence electrons. The van der Waals surface area contributed by atoms with Gasteiger partial charge in [0.15, 0.2) is 0 Å². The molecule has 6 nitrogen and oxygen atoms in total. The minimum Gasteiger partial charge on any atom is -0.379 e. The highest BCUT2D eigenvalue weighted by molar-refractivity contribution is 7.89. The number of ether oxygens (including phenoxy) is 1. The van der Waals surface area contributed by atoms with E-state index in [4.69, 9.17) is 4.74 Å². The van der Waals surface area contributed by atoms with Crippen LogP contribution in [0, 0.1) is 17.7 Å². The average molecular weight is 399 g/mol. The third-order valence-electron chi connectivity index (χ3n) is 5.81. The van der Waals surface area contributed by atoms with Crippen LogP contribution in [-0.2, 0) is 14.8 Å². The van der Waals surface area contributed by atoms with Gasteiger partial charge in [-0.25, -0.2) is 12.8 Å². The molecule has 0 aromatic heterocycles. The molecule has 1 N–H and O–H groups in total. The van der Waals surface area contributed by atoms with E-state index in [0.29, 0.717) is 25.0 Å². The van der Waals surface area contributed by atoms with Crippen LogP contribution in [0.5, 0.6) is 0 Å². The first-order valence-corrected chi connectivity index (χ1v) is 10.9. The molecule has 0 bridgehead atoms. The van der Waals surface area contributed by atoms with Crippen LogP contribution in [0.1, 0.15) is 43.5 Å². The molecule has 2 fully saturated rings. The van der Waals surface area contributed by atoms with E-state index in [1.54, 1.807) is 0 Å². The van der Waals surface area contributed by atoms with E-state index in [-0.39, 0.29) is 29.6 Å². The van der Waals surface area contributed by atoms with Crippen molar-refractivity contribution in [2.75, 3.05) is 26.3 Å². The van der Waals surface area contributed by atoms with Gasteiger partial charge in [0, 0.05) is 19.1 Å². The number of amides is 1. The fourth-order valence-corrected chi connectivity index (χ4v) is 5.24. The molecule has 1 saturated carbocycles. The SMILES string of the molecule is C[C@H]1[C@@H](C)CCC[C@H]1NC(=O)c1cc(S(=O)(=O)N2CCOCC2)ccc1F. The lowest BCUT2D eigenvalue weighted by Crippen LogP contribution is -2.44. The fraction of sp³-hybridized carbons (Fsp3) is 0.632. The molecule has 0 spiro atoms. The number of hydrogen-bond acceptors (Lipinski definition) is 4. The Labute approximate surface area is 160 Å². The van der Waals surface area contributed by atoms with Crippen molar-refractivity contribution in [2.45, 2.75) is 44.0 Å². The maximum Gasteiger partial charge on any atom is 0.254 e. The van der Waals surface area contributed by atoms with Crippen LogP contribution in [0.3, 0.4) is 0 Å². The zero-order chi connectivity index (χ0) is 19.6. The molecule has 0 radical (unpaired) electrons. The van der Waals surface area contributed by atoms with Crippen LogP contribution in [-0.4, -0.2) is 51.0 Å². The van der Waals surface area contributed by atoms with Crippen LogP contribution < -0.4 is 5.32 Å². The normalized spacial score (nSPS) is 27.3. The zero-order valence-electron chi connectivity index (χ0n) is 15.8. The Morgan fingerprint density at radius 1 is 1.22 bits per heavy atom. The summed E-state index contributed by atoms with van der Waals surface area (Å²) < 4.78 is 46.3. The molecule has 3 atom stereocenters. The summed E-state index contributed by atoms with van der Waals surface area (Å²) in [6, 6.07) is 3.38. The number of sulfonamides is 1. The summed E-state index contributed by atoms with van der Waals surface area (Å²) in [4.78, 5) is 12.6. The Morgan fingerprint density at radius 3 is 2.63 bits per heavy atom. The molecule has 8 heteroatoms. The minimum absolute atomic E-state index is 0.0276. The summed E-state index contributed by atoms with van der Waals surface area (Å²) in [5.41, 5.74) is -0.227. The highest BCUT2D eigenvalue weighted by Crippen LogP contribution is 2.30. The Hall–Kier alpha value is -1.51. The standard InChI is InChI=1S/C19H27FN2O4S/c1-13-4-3-5-18(14(13)2)21-19(23)16-12-15(6-7-17(16)20)27(24,25)22-8-10-26-11-9-22/h6-7,12-14,18H,3-5,8-11H2,1-2H3,(H,21,23)/t13-,14-,18+/m0/s1. The van der Waals surface area contributed by atoms with Crippen LogP contribution in [0.2, 0.25) is 0 Å². The number of rotatable bonds is 4. The lowest BCUT2D eigenvalue weighted by Gasteiger charge is -2.34. The van der Waals surface area contributed by atoms with Crippen molar-refractivity contribution in [3.8, 4) is 0 Å². The first-order chi connectivity index (χ1) is 12.8. The maximum atomic E-state index is 14.3. The van der Waals surface area contributed by atoms with Gasteiger partial charge in [-0.15, -0.1) is 0 Å². The predicted molar refractivity (Wildman–Crippen MR) is 99.4 cm³/mol. The van der Waals surface area contributed by atoms with Crippen molar-refractivity contribution in [2.24, 2.45) is 11.8 Å². The lowest BCUT2D eigenvalue weighted by atomic mass is 9.78. The molecule has 0 unspecified atom stereocenters. The Morgan fingerprint density at radius 2 is 1.93 bits per heavy atom. The maximum absolute atomic E-state index is 14.3. The first kappa shape index (κ1) is 20.2. The Balaban J connectivity index is 1.81. The molecule has 3 rings (SSSR count). The molecule has 27 heavy (non-hydrogen) atoms. The summed E-state index contributed by atoms with van der Waals surface area (Å²) in [7, 11) is -3.78. The summed E-state index contributed by atoms with van der Waals surface area (Å²) in [5, 5.41) is 2.91. The zero-order valence-corrected chi connectivity index (χ0v) is 16.6. The molecule has 1 aromatic rings.